The van der Waals surface area contributed by atoms with Crippen LogP contribution in [0.15, 0.2) is 364 Å². The Morgan fingerprint density at radius 2 is 0.485 bits per heavy atom. The van der Waals surface area contributed by atoms with Crippen molar-refractivity contribution in [3.8, 4) is 167 Å². The minimum absolute atomic E-state index is 0.795. The van der Waals surface area contributed by atoms with Gasteiger partial charge in [-0.2, -0.15) is 4.57 Å². The molecule has 0 aliphatic carbocycles. The first-order valence-electron chi connectivity index (χ1n) is 35.0. The van der Waals surface area contributed by atoms with E-state index in [1.807, 2.05) is 0 Å². The van der Waals surface area contributed by atoms with E-state index >= 15 is 0 Å². The zero-order valence-electron chi connectivity index (χ0n) is 57.2. The topological polar surface area (TPSA) is 11.6 Å². The van der Waals surface area contributed by atoms with E-state index in [2.05, 4.69) is 406 Å². The second-order valence-corrected chi connectivity index (χ2v) is 26.9. The molecular formula is C98H74N3+3. The second-order valence-electron chi connectivity index (χ2n) is 26.9. The predicted molar refractivity (Wildman–Crippen MR) is 419 cm³/mol. The molecule has 0 saturated heterocycles. The average molecular weight is 1290 g/mol. The number of pyridine rings is 3. The van der Waals surface area contributed by atoms with Crippen LogP contribution in [-0.4, -0.2) is 0 Å². The smallest absolute Gasteiger partial charge is 0.201 e. The fraction of sp³-hybridized carbons (Fsp3) is 0.0510. The maximum atomic E-state index is 2.49. The Balaban J connectivity index is 0.917. The molecular weight excluding hydrogens is 1220 g/mol. The van der Waals surface area contributed by atoms with E-state index in [0.29, 0.717) is 0 Å². The molecule has 0 spiro atoms. The highest BCUT2D eigenvalue weighted by Crippen LogP contribution is 2.49. The van der Waals surface area contributed by atoms with Gasteiger partial charge in [0.15, 0.2) is 25.1 Å². The number of nitrogens with zero attached hydrogens (tertiary/aromatic N) is 3. The fourth-order valence-corrected chi connectivity index (χ4v) is 15.5. The van der Waals surface area contributed by atoms with Crippen LogP contribution < -0.4 is 13.7 Å². The Morgan fingerprint density at radius 3 is 0.871 bits per heavy atom. The lowest BCUT2D eigenvalue weighted by atomic mass is 9.82. The van der Waals surface area contributed by atoms with Crippen LogP contribution in [0.25, 0.3) is 167 Å². The van der Waals surface area contributed by atoms with Gasteiger partial charge >= 0.3 is 0 Å². The van der Waals surface area contributed by atoms with E-state index in [1.54, 1.807) is 0 Å². The third-order valence-electron chi connectivity index (χ3n) is 20.6. The molecule has 16 aromatic rings. The molecule has 3 aromatic heterocycles. The third-order valence-corrected chi connectivity index (χ3v) is 20.6. The van der Waals surface area contributed by atoms with Crippen molar-refractivity contribution >= 4 is 0 Å². The summed E-state index contributed by atoms with van der Waals surface area (Å²) < 4.78 is 6.86. The van der Waals surface area contributed by atoms with Crippen molar-refractivity contribution in [2.24, 2.45) is 14.1 Å². The summed E-state index contributed by atoms with van der Waals surface area (Å²) in [7, 11) is 4.29. The summed E-state index contributed by atoms with van der Waals surface area (Å²) in [4.78, 5) is 0. The Morgan fingerprint density at radius 1 is 0.188 bits per heavy atom. The summed E-state index contributed by atoms with van der Waals surface area (Å²) in [6.45, 7) is 5.34. The van der Waals surface area contributed by atoms with E-state index in [-0.39, 0.29) is 0 Å². The average Bonchev–Trinajstić information content (AvgIpc) is 1.74. The molecule has 0 unspecified atom stereocenters. The monoisotopic (exact) mass is 1290 g/mol. The van der Waals surface area contributed by atoms with Gasteiger partial charge in [0.2, 0.25) is 17.1 Å². The van der Waals surface area contributed by atoms with Crippen molar-refractivity contribution in [1.29, 1.82) is 0 Å². The summed E-state index contributed by atoms with van der Waals surface area (Å²) in [6, 6.07) is 129. The van der Waals surface area contributed by atoms with Crippen LogP contribution in [0.5, 0.6) is 0 Å². The maximum Gasteiger partial charge on any atom is 0.213 e. The number of aromatic nitrogens is 3. The van der Waals surface area contributed by atoms with E-state index in [4.69, 9.17) is 0 Å². The molecule has 478 valence electrons. The summed E-state index contributed by atoms with van der Waals surface area (Å²) in [5.74, 6) is 0. The lowest BCUT2D eigenvalue weighted by Crippen LogP contribution is -2.31. The maximum absolute atomic E-state index is 2.49. The molecule has 3 nitrogen and oxygen atoms in total. The van der Waals surface area contributed by atoms with Crippen LogP contribution in [-0.2, 0) is 20.6 Å². The van der Waals surface area contributed by atoms with Gasteiger partial charge in [-0.3, -0.25) is 0 Å². The van der Waals surface area contributed by atoms with Crippen LogP contribution in [0.3, 0.4) is 0 Å². The third kappa shape index (κ3) is 11.9. The summed E-state index contributed by atoms with van der Waals surface area (Å²) in [5, 5.41) is 0. The first kappa shape index (κ1) is 61.9. The van der Waals surface area contributed by atoms with Crippen LogP contribution >= 0.6 is 0 Å². The quantitative estimate of drug-likeness (QED) is 0.0962. The SMILES string of the molecule is Cc1cc(-c2ccccc2-c2cc(-c3ccccc3-c3cc(C)c(-c4cccc[n+]4C)cc3-c3cccc(-c4ccccc4)c3)cc(-c3ccccc3-c3cc4c(cc3-c3cccc(-c5ccccc5)c3)-c3cccc[n+]3C4)c2)c(-c2cccc(-c3ccccc3)c2)cc1-c1cccc[n+]1C. The van der Waals surface area contributed by atoms with Crippen LogP contribution in [0.2, 0.25) is 0 Å². The normalized spacial score (nSPS) is 11.5. The molecule has 0 fully saturated rings. The van der Waals surface area contributed by atoms with E-state index in [0.717, 1.165) is 73.6 Å². The molecule has 13 aromatic carbocycles. The molecule has 0 radical (unpaired) electrons. The predicted octanol–water partition coefficient (Wildman–Crippen LogP) is 23.6. The highest BCUT2D eigenvalue weighted by molar-refractivity contribution is 6.02. The zero-order valence-corrected chi connectivity index (χ0v) is 57.2. The van der Waals surface area contributed by atoms with Gasteiger partial charge in [-0.1, -0.05) is 218 Å². The fourth-order valence-electron chi connectivity index (χ4n) is 15.5. The Bertz CT molecular complexity index is 5600. The molecule has 1 aliphatic heterocycles. The van der Waals surface area contributed by atoms with E-state index in [9.17, 15) is 0 Å². The minimum Gasteiger partial charge on any atom is -0.201 e. The Kier molecular flexibility index (Phi) is 16.3. The van der Waals surface area contributed by atoms with Gasteiger partial charge in [0.05, 0.1) is 5.56 Å². The standard InChI is InChI=1S/C98H74N3/c1-66-53-93(89(62-87(66)96-47-20-23-50-99(96)3)74-38-26-35-71(55-74)68-29-8-5-9-30-68)84-44-17-14-41-81(84)77-58-78(82-42-15-18-45-85(82)94-54-67(2)88(97-48-21-24-51-100(97)4)63-90(94)75-39-27-36-72(56-75)69-31-10-6-11-32-69)60-79(59-77)83-43-16-19-46-86(83)95-61-80-65-101-52-25-22-49-98(101)92(80)64-91(95)76-40-28-37-73(57-76)70-33-12-7-13-34-70/h5-64H,65H2,1-4H3/q+3. The highest BCUT2D eigenvalue weighted by Gasteiger charge is 2.30. The van der Waals surface area contributed by atoms with Gasteiger partial charge in [0.25, 0.3) is 0 Å². The molecule has 0 saturated carbocycles. The van der Waals surface area contributed by atoms with Crippen molar-refractivity contribution < 1.29 is 13.7 Å². The highest BCUT2D eigenvalue weighted by atomic mass is 15.0. The van der Waals surface area contributed by atoms with Gasteiger partial charge in [0.1, 0.15) is 14.1 Å². The number of fused-ring (bicyclic) bond motifs is 3. The molecule has 3 heteroatoms. The van der Waals surface area contributed by atoms with Gasteiger partial charge in [-0.25, -0.2) is 9.13 Å². The summed E-state index contributed by atoms with van der Waals surface area (Å²) >= 11 is 0. The Hall–Kier alpha value is -12.7. The van der Waals surface area contributed by atoms with Crippen LogP contribution in [0, 0.1) is 13.8 Å². The molecule has 0 atom stereocenters. The van der Waals surface area contributed by atoms with E-state index in [1.165, 1.54) is 117 Å². The number of hydrogen-bond donors (Lipinski definition) is 0. The summed E-state index contributed by atoms with van der Waals surface area (Å²) in [5.41, 5.74) is 38.8. The van der Waals surface area contributed by atoms with Gasteiger partial charge < -0.3 is 0 Å². The molecule has 17 rings (SSSR count). The second kappa shape index (κ2) is 26.6. The van der Waals surface area contributed by atoms with Crippen molar-refractivity contribution in [1.82, 2.24) is 0 Å². The van der Waals surface area contributed by atoms with Crippen LogP contribution in [0.4, 0.5) is 0 Å². The largest absolute Gasteiger partial charge is 0.213 e. The lowest BCUT2D eigenvalue weighted by molar-refractivity contribution is -0.672. The Labute approximate surface area is 592 Å². The number of benzene rings is 13. The van der Waals surface area contributed by atoms with Gasteiger partial charge in [-0.05, 0) is 249 Å². The molecule has 0 amide bonds. The zero-order chi connectivity index (χ0) is 67.9. The molecule has 1 aliphatic rings. The minimum atomic E-state index is 0.795. The van der Waals surface area contributed by atoms with Gasteiger partial charge in [-0.15, -0.1) is 0 Å². The first-order chi connectivity index (χ1) is 49.7. The summed E-state index contributed by atoms with van der Waals surface area (Å²) in [6.07, 6.45) is 6.51. The molecule has 0 N–H and O–H groups in total. The molecule has 0 bridgehead atoms. The van der Waals surface area contributed by atoms with Crippen molar-refractivity contribution in [2.75, 3.05) is 0 Å². The molecule has 101 heavy (non-hydrogen) atoms. The van der Waals surface area contributed by atoms with Gasteiger partial charge in [0, 0.05) is 53.1 Å². The molecule has 4 heterocycles. The van der Waals surface area contributed by atoms with Crippen LogP contribution in [0.1, 0.15) is 16.7 Å². The van der Waals surface area contributed by atoms with Crippen molar-refractivity contribution in [3.05, 3.63) is 381 Å². The first-order valence-corrected chi connectivity index (χ1v) is 35.0. The van der Waals surface area contributed by atoms with Crippen molar-refractivity contribution in [3.63, 3.8) is 0 Å². The van der Waals surface area contributed by atoms with E-state index < -0.39 is 0 Å². The lowest BCUT2D eigenvalue weighted by Gasteiger charge is -2.21. The number of rotatable bonds is 14. The number of hydrogen-bond acceptors (Lipinski definition) is 0. The number of aryl methyl sites for hydroxylation is 4. The van der Waals surface area contributed by atoms with Crippen molar-refractivity contribution in [2.45, 2.75) is 20.4 Å².